The lowest BCUT2D eigenvalue weighted by atomic mass is 10.2. The minimum Gasteiger partial charge on any atom is -0.476 e. The Balaban J connectivity index is 0.00000338. The molecule has 26 heavy (non-hydrogen) atoms. The van der Waals surface area contributed by atoms with Crippen molar-refractivity contribution in [3.05, 3.63) is 59.8 Å². The molecule has 0 atom stereocenters. The van der Waals surface area contributed by atoms with E-state index in [9.17, 15) is 13.2 Å². The molecule has 1 aromatic carbocycles. The Bertz CT molecular complexity index is 679. The van der Waals surface area contributed by atoms with Gasteiger partial charge in [0.25, 0.3) is 0 Å². The van der Waals surface area contributed by atoms with Crippen LogP contribution in [0.3, 0.4) is 0 Å². The predicted molar refractivity (Wildman–Crippen MR) is 105 cm³/mol. The van der Waals surface area contributed by atoms with Crippen LogP contribution >= 0.6 is 24.0 Å². The number of aromatic nitrogens is 1. The molecule has 0 aliphatic rings. The summed E-state index contributed by atoms with van der Waals surface area (Å²) in [6, 6.07) is 12.0. The van der Waals surface area contributed by atoms with Crippen LogP contribution in [-0.2, 0) is 12.6 Å². The minimum atomic E-state index is -4.41. The fourth-order valence-corrected chi connectivity index (χ4v) is 1.97. The smallest absolute Gasteiger partial charge is 0.417 e. The molecule has 1 aromatic heterocycles. The normalized spacial score (nSPS) is 11.6. The lowest BCUT2D eigenvalue weighted by molar-refractivity contribution is -0.137. The number of guanidine groups is 1. The van der Waals surface area contributed by atoms with E-state index in [1.807, 2.05) is 30.3 Å². The Labute approximate surface area is 166 Å². The summed E-state index contributed by atoms with van der Waals surface area (Å²) in [5.41, 5.74) is 6.09. The van der Waals surface area contributed by atoms with Gasteiger partial charge in [-0.2, -0.15) is 13.2 Å². The van der Waals surface area contributed by atoms with Gasteiger partial charge in [-0.3, -0.25) is 4.99 Å². The van der Waals surface area contributed by atoms with E-state index >= 15 is 0 Å². The quantitative estimate of drug-likeness (QED) is 0.276. The highest BCUT2D eigenvalue weighted by Crippen LogP contribution is 2.29. The molecular formula is C17H20F3IN4O. The van der Waals surface area contributed by atoms with E-state index in [4.69, 9.17) is 10.5 Å². The minimum absolute atomic E-state index is 0. The maximum Gasteiger partial charge on any atom is 0.417 e. The van der Waals surface area contributed by atoms with E-state index in [0.717, 1.165) is 18.7 Å². The second kappa shape index (κ2) is 10.8. The molecule has 0 aliphatic heterocycles. The molecule has 0 saturated carbocycles. The highest BCUT2D eigenvalue weighted by Gasteiger charge is 2.30. The van der Waals surface area contributed by atoms with Gasteiger partial charge in [0.15, 0.2) is 5.96 Å². The summed E-state index contributed by atoms with van der Waals surface area (Å²) in [5.74, 6) is 0.411. The van der Waals surface area contributed by atoms with Crippen LogP contribution in [0.15, 0.2) is 53.7 Å². The Morgan fingerprint density at radius 2 is 1.88 bits per heavy atom. The zero-order valence-electron chi connectivity index (χ0n) is 13.9. The van der Waals surface area contributed by atoms with Gasteiger partial charge < -0.3 is 15.8 Å². The van der Waals surface area contributed by atoms with Crippen LogP contribution in [0.5, 0.6) is 5.88 Å². The third-order valence-electron chi connectivity index (χ3n) is 3.25. The van der Waals surface area contributed by atoms with E-state index in [1.54, 1.807) is 0 Å². The van der Waals surface area contributed by atoms with Crippen molar-refractivity contribution < 1.29 is 17.9 Å². The van der Waals surface area contributed by atoms with Gasteiger partial charge in [0.05, 0.1) is 12.1 Å². The number of rotatable bonds is 7. The van der Waals surface area contributed by atoms with Crippen LogP contribution in [0.25, 0.3) is 0 Å². The van der Waals surface area contributed by atoms with Crippen molar-refractivity contribution in [3.8, 4) is 5.88 Å². The van der Waals surface area contributed by atoms with E-state index in [-0.39, 0.29) is 36.5 Å². The largest absolute Gasteiger partial charge is 0.476 e. The molecule has 3 N–H and O–H groups in total. The number of aliphatic imine (C=N–C) groups is 1. The zero-order valence-corrected chi connectivity index (χ0v) is 16.2. The van der Waals surface area contributed by atoms with Gasteiger partial charge in [0, 0.05) is 18.8 Å². The zero-order chi connectivity index (χ0) is 18.1. The number of hydrogen-bond donors (Lipinski definition) is 2. The first-order chi connectivity index (χ1) is 11.9. The number of pyridine rings is 1. The number of alkyl halides is 3. The highest BCUT2D eigenvalue weighted by atomic mass is 127. The summed E-state index contributed by atoms with van der Waals surface area (Å²) in [6.45, 7) is 1.13. The summed E-state index contributed by atoms with van der Waals surface area (Å²) in [7, 11) is 0. The van der Waals surface area contributed by atoms with Crippen LogP contribution in [-0.4, -0.2) is 30.6 Å². The fraction of sp³-hybridized carbons (Fsp3) is 0.294. The molecule has 5 nitrogen and oxygen atoms in total. The first-order valence-corrected chi connectivity index (χ1v) is 7.69. The number of nitrogens with two attached hydrogens (primary N) is 1. The number of nitrogens with one attached hydrogen (secondary N) is 1. The van der Waals surface area contributed by atoms with Crippen molar-refractivity contribution >= 4 is 29.9 Å². The molecule has 0 saturated heterocycles. The third kappa shape index (κ3) is 7.89. The number of nitrogens with zero attached hydrogens (tertiary/aromatic N) is 2. The Morgan fingerprint density at radius 3 is 2.50 bits per heavy atom. The number of benzene rings is 1. The van der Waals surface area contributed by atoms with Gasteiger partial charge in [-0.05, 0) is 18.1 Å². The van der Waals surface area contributed by atoms with Crippen molar-refractivity contribution in [2.75, 3.05) is 19.7 Å². The molecule has 0 amide bonds. The van der Waals surface area contributed by atoms with Crippen LogP contribution in [0.2, 0.25) is 0 Å². The van der Waals surface area contributed by atoms with E-state index in [2.05, 4.69) is 15.3 Å². The van der Waals surface area contributed by atoms with Gasteiger partial charge >= 0.3 is 6.18 Å². The SMILES string of the molecule is I.NC(=NCCc1ccccc1)NCCOc1ccc(C(F)(F)F)cn1. The number of hydrogen-bond acceptors (Lipinski definition) is 3. The lowest BCUT2D eigenvalue weighted by Gasteiger charge is -2.09. The van der Waals surface area contributed by atoms with E-state index < -0.39 is 11.7 Å². The lowest BCUT2D eigenvalue weighted by Crippen LogP contribution is -2.35. The predicted octanol–water partition coefficient (Wildman–Crippen LogP) is 3.24. The molecule has 2 rings (SSSR count). The van der Waals surface area contributed by atoms with Gasteiger partial charge in [-0.15, -0.1) is 24.0 Å². The average molecular weight is 480 g/mol. The summed E-state index contributed by atoms with van der Waals surface area (Å²) in [4.78, 5) is 7.80. The maximum absolute atomic E-state index is 12.4. The number of halogens is 4. The topological polar surface area (TPSA) is 72.5 Å². The highest BCUT2D eigenvalue weighted by molar-refractivity contribution is 14.0. The molecule has 0 spiro atoms. The molecule has 0 radical (unpaired) electrons. The molecule has 0 aliphatic carbocycles. The molecule has 2 aromatic rings. The fourth-order valence-electron chi connectivity index (χ4n) is 1.97. The molecule has 0 unspecified atom stereocenters. The monoisotopic (exact) mass is 480 g/mol. The first-order valence-electron chi connectivity index (χ1n) is 7.69. The summed E-state index contributed by atoms with van der Waals surface area (Å²) in [5, 5.41) is 2.87. The van der Waals surface area contributed by atoms with Crippen molar-refractivity contribution in [3.63, 3.8) is 0 Å². The number of ether oxygens (including phenoxy) is 1. The molecule has 142 valence electrons. The third-order valence-corrected chi connectivity index (χ3v) is 3.25. The van der Waals surface area contributed by atoms with E-state index in [0.29, 0.717) is 19.0 Å². The Kier molecular flexibility index (Phi) is 9.17. The summed E-state index contributed by atoms with van der Waals surface area (Å²) in [6.07, 6.45) is -2.88. The molecule has 9 heteroatoms. The van der Waals surface area contributed by atoms with Crippen molar-refractivity contribution in [1.82, 2.24) is 10.3 Å². The van der Waals surface area contributed by atoms with Crippen LogP contribution < -0.4 is 15.8 Å². The first kappa shape index (κ1) is 22.0. The Morgan fingerprint density at radius 1 is 1.15 bits per heavy atom. The van der Waals surface area contributed by atoms with Crippen molar-refractivity contribution in [1.29, 1.82) is 0 Å². The van der Waals surface area contributed by atoms with E-state index in [1.165, 1.54) is 11.6 Å². The second-order valence-corrected chi connectivity index (χ2v) is 5.16. The van der Waals surface area contributed by atoms with Gasteiger partial charge in [0.2, 0.25) is 5.88 Å². The second-order valence-electron chi connectivity index (χ2n) is 5.16. The Hall–Kier alpha value is -2.04. The van der Waals surface area contributed by atoms with Gasteiger partial charge in [-0.1, -0.05) is 30.3 Å². The van der Waals surface area contributed by atoms with Crippen LogP contribution in [0, 0.1) is 0 Å². The average Bonchev–Trinajstić information content (AvgIpc) is 2.59. The van der Waals surface area contributed by atoms with Gasteiger partial charge in [-0.25, -0.2) is 4.98 Å². The maximum atomic E-state index is 12.4. The van der Waals surface area contributed by atoms with Crippen LogP contribution in [0.1, 0.15) is 11.1 Å². The van der Waals surface area contributed by atoms with Crippen molar-refractivity contribution in [2.45, 2.75) is 12.6 Å². The summed E-state index contributed by atoms with van der Waals surface area (Å²) < 4.78 is 42.5. The summed E-state index contributed by atoms with van der Waals surface area (Å²) >= 11 is 0. The standard InChI is InChI=1S/C17H19F3N4O.HI/c18-17(19,20)14-6-7-15(24-12-14)25-11-10-23-16(21)22-9-8-13-4-2-1-3-5-13;/h1-7,12H,8-11H2,(H3,21,22,23);1H. The molecule has 0 fully saturated rings. The molecule has 1 heterocycles. The van der Waals surface area contributed by atoms with Gasteiger partial charge in [0.1, 0.15) is 6.61 Å². The molecule has 0 bridgehead atoms. The molecular weight excluding hydrogens is 460 g/mol. The van der Waals surface area contributed by atoms with Crippen molar-refractivity contribution in [2.24, 2.45) is 10.7 Å². The van der Waals surface area contributed by atoms with Crippen LogP contribution in [0.4, 0.5) is 13.2 Å².